The Morgan fingerprint density at radius 2 is 2.20 bits per heavy atom. The molecule has 0 unspecified atom stereocenters. The highest BCUT2D eigenvalue weighted by molar-refractivity contribution is 14.1. The van der Waals surface area contributed by atoms with Crippen LogP contribution in [0.4, 0.5) is 0 Å². The van der Waals surface area contributed by atoms with Crippen LogP contribution < -0.4 is 5.32 Å². The van der Waals surface area contributed by atoms with Crippen molar-refractivity contribution in [2.24, 2.45) is 5.92 Å². The molecule has 1 rings (SSSR count). The van der Waals surface area contributed by atoms with Gasteiger partial charge in [0.25, 0.3) is 5.91 Å². The van der Waals surface area contributed by atoms with Crippen molar-refractivity contribution in [3.8, 4) is 0 Å². The minimum absolute atomic E-state index is 0.0596. The summed E-state index contributed by atoms with van der Waals surface area (Å²) in [5.74, 6) is 0.390. The number of nitrogens with one attached hydrogen (secondary N) is 1. The van der Waals surface area contributed by atoms with Crippen molar-refractivity contribution < 1.29 is 4.79 Å². The van der Waals surface area contributed by atoms with Gasteiger partial charge in [-0.2, -0.15) is 0 Å². The molecule has 0 heterocycles. The van der Waals surface area contributed by atoms with Crippen LogP contribution in [0.3, 0.4) is 0 Å². The van der Waals surface area contributed by atoms with Gasteiger partial charge in [0.15, 0.2) is 0 Å². The second-order valence-corrected chi connectivity index (χ2v) is 5.33. The summed E-state index contributed by atoms with van der Waals surface area (Å²) in [7, 11) is 0. The molecule has 0 fully saturated rings. The maximum absolute atomic E-state index is 11.7. The topological polar surface area (TPSA) is 29.1 Å². The van der Waals surface area contributed by atoms with Crippen LogP contribution in [0.5, 0.6) is 0 Å². The molecule has 0 atom stereocenters. The molecule has 0 radical (unpaired) electrons. The Labute approximate surface area is 109 Å². The summed E-state index contributed by atoms with van der Waals surface area (Å²) in [4.78, 5) is 11.7. The van der Waals surface area contributed by atoms with Gasteiger partial charge in [0.2, 0.25) is 0 Å². The number of benzene rings is 1. The summed E-state index contributed by atoms with van der Waals surface area (Å²) < 4.78 is 0.915. The number of halogens is 2. The molecular weight excluding hydrogens is 324 g/mol. The lowest BCUT2D eigenvalue weighted by molar-refractivity contribution is 0.0948. The molecule has 1 amide bonds. The molecule has 0 aliphatic rings. The highest BCUT2D eigenvalue weighted by Gasteiger charge is 2.10. The quantitative estimate of drug-likeness (QED) is 0.842. The average molecular weight is 338 g/mol. The highest BCUT2D eigenvalue weighted by atomic mass is 127. The van der Waals surface area contributed by atoms with Gasteiger partial charge < -0.3 is 5.32 Å². The van der Waals surface area contributed by atoms with E-state index in [9.17, 15) is 4.79 Å². The van der Waals surface area contributed by atoms with Crippen molar-refractivity contribution >= 4 is 40.1 Å². The molecule has 0 aliphatic carbocycles. The Morgan fingerprint density at radius 1 is 1.53 bits per heavy atom. The van der Waals surface area contributed by atoms with Crippen LogP contribution >= 0.6 is 34.2 Å². The van der Waals surface area contributed by atoms with Gasteiger partial charge in [-0.05, 0) is 46.7 Å². The zero-order chi connectivity index (χ0) is 11.4. The Balaban J connectivity index is 2.77. The molecule has 0 spiro atoms. The Morgan fingerprint density at radius 3 is 2.80 bits per heavy atom. The van der Waals surface area contributed by atoms with E-state index >= 15 is 0 Å². The van der Waals surface area contributed by atoms with Crippen molar-refractivity contribution in [3.63, 3.8) is 0 Å². The van der Waals surface area contributed by atoms with Gasteiger partial charge in [0.05, 0.1) is 5.56 Å². The van der Waals surface area contributed by atoms with Crippen LogP contribution in [0.1, 0.15) is 24.2 Å². The van der Waals surface area contributed by atoms with E-state index < -0.39 is 0 Å². The number of rotatable bonds is 3. The van der Waals surface area contributed by atoms with Crippen molar-refractivity contribution in [2.75, 3.05) is 6.54 Å². The third kappa shape index (κ3) is 3.99. The number of hydrogen-bond acceptors (Lipinski definition) is 1. The highest BCUT2D eigenvalue weighted by Crippen LogP contribution is 2.17. The first-order chi connectivity index (χ1) is 7.00. The van der Waals surface area contributed by atoms with Crippen molar-refractivity contribution in [1.82, 2.24) is 5.32 Å². The van der Waals surface area contributed by atoms with Gasteiger partial charge in [0, 0.05) is 15.1 Å². The van der Waals surface area contributed by atoms with Crippen LogP contribution in [0.15, 0.2) is 18.2 Å². The summed E-state index contributed by atoms with van der Waals surface area (Å²) in [5, 5.41) is 3.45. The largest absolute Gasteiger partial charge is 0.352 e. The minimum Gasteiger partial charge on any atom is -0.352 e. The van der Waals surface area contributed by atoms with Gasteiger partial charge in [-0.15, -0.1) is 0 Å². The second kappa shape index (κ2) is 5.70. The Hall–Kier alpha value is -0.290. The van der Waals surface area contributed by atoms with E-state index in [-0.39, 0.29) is 5.91 Å². The van der Waals surface area contributed by atoms with E-state index in [2.05, 4.69) is 41.8 Å². The van der Waals surface area contributed by atoms with E-state index in [0.29, 0.717) is 23.0 Å². The van der Waals surface area contributed by atoms with Gasteiger partial charge in [-0.25, -0.2) is 0 Å². The molecule has 1 N–H and O–H groups in total. The first kappa shape index (κ1) is 12.8. The van der Waals surface area contributed by atoms with Gasteiger partial charge in [0.1, 0.15) is 0 Å². The fourth-order valence-corrected chi connectivity index (χ4v) is 1.82. The summed E-state index contributed by atoms with van der Waals surface area (Å²) in [5.41, 5.74) is 0.642. The van der Waals surface area contributed by atoms with Gasteiger partial charge >= 0.3 is 0 Å². The van der Waals surface area contributed by atoms with Crippen LogP contribution in [0.25, 0.3) is 0 Å². The monoisotopic (exact) mass is 337 g/mol. The van der Waals surface area contributed by atoms with Crippen LogP contribution in [-0.2, 0) is 0 Å². The van der Waals surface area contributed by atoms with Gasteiger partial charge in [-0.1, -0.05) is 25.4 Å². The lowest BCUT2D eigenvalue weighted by Gasteiger charge is -2.09. The normalized spacial score (nSPS) is 10.5. The Bertz CT molecular complexity index is 366. The fourth-order valence-electron chi connectivity index (χ4n) is 1.06. The average Bonchev–Trinajstić information content (AvgIpc) is 2.18. The standard InChI is InChI=1S/C11H13ClINO/c1-7(2)6-14-11(15)9-5-8(12)3-4-10(9)13/h3-5,7H,6H2,1-2H3,(H,14,15). The zero-order valence-corrected chi connectivity index (χ0v) is 11.6. The van der Waals surface area contributed by atoms with E-state index in [1.165, 1.54) is 0 Å². The summed E-state index contributed by atoms with van der Waals surface area (Å²) >= 11 is 7.97. The molecule has 0 aromatic heterocycles. The van der Waals surface area contributed by atoms with Gasteiger partial charge in [-0.3, -0.25) is 4.79 Å². The molecule has 0 bridgehead atoms. The molecule has 2 nitrogen and oxygen atoms in total. The smallest absolute Gasteiger partial charge is 0.252 e. The van der Waals surface area contributed by atoms with E-state index in [1.54, 1.807) is 12.1 Å². The molecule has 15 heavy (non-hydrogen) atoms. The molecule has 0 saturated carbocycles. The van der Waals surface area contributed by atoms with E-state index in [1.807, 2.05) is 6.07 Å². The molecule has 0 saturated heterocycles. The number of carbonyl (C=O) groups excluding carboxylic acids is 1. The van der Waals surface area contributed by atoms with E-state index in [4.69, 9.17) is 11.6 Å². The van der Waals surface area contributed by atoms with Crippen molar-refractivity contribution in [1.29, 1.82) is 0 Å². The molecule has 1 aromatic rings. The summed E-state index contributed by atoms with van der Waals surface area (Å²) in [6.45, 7) is 4.80. The first-order valence-electron chi connectivity index (χ1n) is 4.74. The lowest BCUT2D eigenvalue weighted by Crippen LogP contribution is -2.27. The third-order valence-electron chi connectivity index (χ3n) is 1.84. The van der Waals surface area contributed by atoms with Crippen molar-refractivity contribution in [3.05, 3.63) is 32.4 Å². The lowest BCUT2D eigenvalue weighted by atomic mass is 10.2. The maximum Gasteiger partial charge on any atom is 0.252 e. The summed E-state index contributed by atoms with van der Waals surface area (Å²) in [6.07, 6.45) is 0. The van der Waals surface area contributed by atoms with Crippen LogP contribution in [0.2, 0.25) is 5.02 Å². The number of carbonyl (C=O) groups is 1. The van der Waals surface area contributed by atoms with E-state index in [0.717, 1.165) is 3.57 Å². The maximum atomic E-state index is 11.7. The first-order valence-corrected chi connectivity index (χ1v) is 6.19. The van der Waals surface area contributed by atoms with Crippen molar-refractivity contribution in [2.45, 2.75) is 13.8 Å². The molecule has 1 aromatic carbocycles. The predicted molar refractivity (Wildman–Crippen MR) is 71.3 cm³/mol. The molecule has 0 aliphatic heterocycles. The zero-order valence-electron chi connectivity index (χ0n) is 8.68. The predicted octanol–water partition coefficient (Wildman–Crippen LogP) is 3.33. The number of hydrogen-bond donors (Lipinski definition) is 1. The minimum atomic E-state index is -0.0596. The number of amides is 1. The summed E-state index contributed by atoms with van der Waals surface area (Å²) in [6, 6.07) is 5.31. The Kier molecular flexibility index (Phi) is 4.86. The molecular formula is C11H13ClINO. The van der Waals surface area contributed by atoms with Crippen LogP contribution in [0, 0.1) is 9.49 Å². The fraction of sp³-hybridized carbons (Fsp3) is 0.364. The molecule has 82 valence electrons. The second-order valence-electron chi connectivity index (χ2n) is 3.73. The SMILES string of the molecule is CC(C)CNC(=O)c1cc(Cl)ccc1I. The third-order valence-corrected chi connectivity index (χ3v) is 3.02. The van der Waals surface area contributed by atoms with Crippen LogP contribution in [-0.4, -0.2) is 12.5 Å². The molecule has 4 heteroatoms.